The third kappa shape index (κ3) is 5.79. The zero-order valence-electron chi connectivity index (χ0n) is 12.7. The molecule has 7 heteroatoms. The quantitative estimate of drug-likeness (QED) is 0.441. The van der Waals surface area contributed by atoms with Crippen LogP contribution < -0.4 is 10.2 Å². The molecule has 1 heterocycles. The highest BCUT2D eigenvalue weighted by Gasteiger charge is 2.32. The minimum absolute atomic E-state index is 0.0452. The van der Waals surface area contributed by atoms with Crippen LogP contribution in [0.25, 0.3) is 0 Å². The number of terminal acetylenes is 1. The number of carbonyl (C=O) groups excluding carboxylic acids is 1. The van der Waals surface area contributed by atoms with E-state index < -0.39 is 0 Å². The number of ether oxygens (including phenoxy) is 1. The fourth-order valence-corrected chi connectivity index (χ4v) is 5.24. The van der Waals surface area contributed by atoms with Crippen LogP contribution in [0.3, 0.4) is 0 Å². The Balaban J connectivity index is 1.95. The van der Waals surface area contributed by atoms with Gasteiger partial charge in [0.2, 0.25) is 5.91 Å². The second-order valence-electron chi connectivity index (χ2n) is 4.98. The van der Waals surface area contributed by atoms with Gasteiger partial charge in [0.1, 0.15) is 12.4 Å². The van der Waals surface area contributed by atoms with Gasteiger partial charge in [0.05, 0.1) is 16.7 Å². The van der Waals surface area contributed by atoms with E-state index in [0.717, 1.165) is 21.5 Å². The smallest absolute Gasteiger partial charge is 0.242 e. The van der Waals surface area contributed by atoms with Crippen LogP contribution >= 0.6 is 39.5 Å². The maximum absolute atomic E-state index is 12.0. The van der Waals surface area contributed by atoms with Crippen molar-refractivity contribution in [3.8, 4) is 18.1 Å². The molecule has 0 aliphatic carbocycles. The molecule has 2 rings (SSSR count). The molecule has 0 aromatic heterocycles. The average Bonchev–Trinajstić information content (AvgIpc) is 2.92. The van der Waals surface area contributed by atoms with Crippen LogP contribution in [0.4, 0.5) is 0 Å². The maximum atomic E-state index is 12.0. The Morgan fingerprint density at radius 2 is 2.30 bits per heavy atom. The Morgan fingerprint density at radius 3 is 3.00 bits per heavy atom. The van der Waals surface area contributed by atoms with E-state index in [4.69, 9.17) is 11.2 Å². The number of nitrogens with zero attached hydrogens (tertiary/aromatic N) is 1. The van der Waals surface area contributed by atoms with Gasteiger partial charge in [0.25, 0.3) is 0 Å². The van der Waals surface area contributed by atoms with Gasteiger partial charge in [-0.1, -0.05) is 21.9 Å². The van der Waals surface area contributed by atoms with Crippen molar-refractivity contribution in [1.29, 1.82) is 0 Å². The van der Waals surface area contributed by atoms with E-state index in [9.17, 15) is 4.79 Å². The molecule has 1 fully saturated rings. The van der Waals surface area contributed by atoms with Crippen molar-refractivity contribution in [3.05, 3.63) is 28.2 Å². The summed E-state index contributed by atoms with van der Waals surface area (Å²) in [6, 6.07) is 5.51. The molecule has 1 amide bonds. The Hall–Kier alpha value is -1.10. The molecule has 0 bridgehead atoms. The Bertz CT molecular complexity index is 637. The molecule has 0 unspecified atom stereocenters. The van der Waals surface area contributed by atoms with Gasteiger partial charge in [-0.25, -0.2) is 5.43 Å². The first-order valence-electron chi connectivity index (χ1n) is 6.98. The predicted octanol–water partition coefficient (Wildman–Crippen LogP) is 3.50. The van der Waals surface area contributed by atoms with Gasteiger partial charge in [-0.3, -0.25) is 4.79 Å². The van der Waals surface area contributed by atoms with Gasteiger partial charge < -0.3 is 4.74 Å². The summed E-state index contributed by atoms with van der Waals surface area (Å²) in [6.45, 7) is 2.28. The normalized spacial score (nSPS) is 16.2. The largest absolute Gasteiger partial charge is 0.480 e. The van der Waals surface area contributed by atoms with E-state index >= 15 is 0 Å². The number of amides is 1. The van der Waals surface area contributed by atoms with E-state index in [1.165, 1.54) is 0 Å². The summed E-state index contributed by atoms with van der Waals surface area (Å²) in [5.74, 6) is 5.13. The second-order valence-corrected chi connectivity index (χ2v) is 9.35. The molecule has 0 saturated carbocycles. The zero-order valence-corrected chi connectivity index (χ0v) is 15.9. The van der Waals surface area contributed by atoms with Crippen molar-refractivity contribution >= 4 is 51.6 Å². The highest BCUT2D eigenvalue weighted by Crippen LogP contribution is 2.45. The first-order chi connectivity index (χ1) is 11.0. The Labute approximate surface area is 153 Å². The fraction of sp³-hybridized carbons (Fsp3) is 0.375. The van der Waals surface area contributed by atoms with Crippen molar-refractivity contribution in [3.63, 3.8) is 0 Å². The number of hydrazone groups is 1. The van der Waals surface area contributed by atoms with Crippen molar-refractivity contribution in [2.24, 2.45) is 5.10 Å². The number of halogens is 1. The molecular weight excluding hydrogens is 396 g/mol. The summed E-state index contributed by atoms with van der Waals surface area (Å²) in [5.41, 5.74) is 3.32. The van der Waals surface area contributed by atoms with Gasteiger partial charge in [0.15, 0.2) is 0 Å². The lowest BCUT2D eigenvalue weighted by molar-refractivity contribution is -0.121. The van der Waals surface area contributed by atoms with E-state index in [2.05, 4.69) is 39.3 Å². The van der Waals surface area contributed by atoms with Gasteiger partial charge >= 0.3 is 0 Å². The highest BCUT2D eigenvalue weighted by molar-refractivity contribution is 9.10. The van der Waals surface area contributed by atoms with Crippen molar-refractivity contribution in [2.45, 2.75) is 17.4 Å². The van der Waals surface area contributed by atoms with Crippen LogP contribution in [0.5, 0.6) is 5.75 Å². The molecule has 0 spiro atoms. The van der Waals surface area contributed by atoms with E-state index in [1.807, 2.05) is 35.7 Å². The Morgan fingerprint density at radius 1 is 1.57 bits per heavy atom. The molecule has 23 heavy (non-hydrogen) atoms. The van der Waals surface area contributed by atoms with Crippen LogP contribution in [-0.4, -0.2) is 34.3 Å². The molecule has 0 atom stereocenters. The third-order valence-electron chi connectivity index (χ3n) is 3.06. The summed E-state index contributed by atoms with van der Waals surface area (Å²) in [6.07, 6.45) is 7.21. The number of hydrogen-bond donors (Lipinski definition) is 1. The molecule has 0 radical (unpaired) electrons. The summed E-state index contributed by atoms with van der Waals surface area (Å²) in [7, 11) is 0. The predicted molar refractivity (Wildman–Crippen MR) is 102 cm³/mol. The third-order valence-corrected chi connectivity index (χ3v) is 6.84. The number of hydrogen-bond acceptors (Lipinski definition) is 5. The lowest BCUT2D eigenvalue weighted by atomic mass is 10.2. The molecule has 1 aliphatic rings. The summed E-state index contributed by atoms with van der Waals surface area (Å²) in [4.78, 5) is 12.0. The number of nitrogens with one attached hydrogen (secondary N) is 1. The van der Waals surface area contributed by atoms with Crippen LogP contribution in [0.15, 0.2) is 27.8 Å². The molecule has 1 saturated heterocycles. The maximum Gasteiger partial charge on any atom is 0.242 e. The molecule has 1 aromatic rings. The molecule has 1 N–H and O–H groups in total. The standard InChI is InChI=1S/C16H17BrN2O2S2/c1-3-6-21-14-5-4-13(17)9-12(14)11-18-19-15(20)10-16(2)22-7-8-23-16/h1,4-5,9,11H,6-8,10H2,2H3,(H,19,20). The minimum atomic E-state index is -0.0910. The number of thioether (sulfide) groups is 2. The van der Waals surface area contributed by atoms with Crippen LogP contribution in [0, 0.1) is 12.3 Å². The number of benzene rings is 1. The van der Waals surface area contributed by atoms with Crippen LogP contribution in [0.1, 0.15) is 18.9 Å². The topological polar surface area (TPSA) is 50.7 Å². The minimum Gasteiger partial charge on any atom is -0.480 e. The van der Waals surface area contributed by atoms with Gasteiger partial charge in [-0.15, -0.1) is 29.9 Å². The summed E-state index contributed by atoms with van der Waals surface area (Å²) >= 11 is 7.04. The van der Waals surface area contributed by atoms with Gasteiger partial charge in [-0.05, 0) is 25.1 Å². The zero-order chi connectivity index (χ0) is 16.7. The fourth-order valence-electron chi connectivity index (χ4n) is 2.03. The SMILES string of the molecule is C#CCOc1ccc(Br)cc1C=NNC(=O)CC1(C)SCCS1. The first kappa shape index (κ1) is 18.2. The van der Waals surface area contributed by atoms with Crippen LogP contribution in [0.2, 0.25) is 0 Å². The van der Waals surface area contributed by atoms with E-state index in [0.29, 0.717) is 12.2 Å². The summed E-state index contributed by atoms with van der Waals surface area (Å²) in [5, 5.41) is 4.03. The van der Waals surface area contributed by atoms with Gasteiger partial charge in [0, 0.05) is 21.5 Å². The monoisotopic (exact) mass is 412 g/mol. The van der Waals surface area contributed by atoms with Crippen molar-refractivity contribution in [1.82, 2.24) is 5.43 Å². The highest BCUT2D eigenvalue weighted by atomic mass is 79.9. The van der Waals surface area contributed by atoms with Crippen molar-refractivity contribution < 1.29 is 9.53 Å². The van der Waals surface area contributed by atoms with Crippen LogP contribution in [-0.2, 0) is 4.79 Å². The Kier molecular flexibility index (Phi) is 6.88. The van der Waals surface area contributed by atoms with E-state index in [1.54, 1.807) is 12.3 Å². The van der Waals surface area contributed by atoms with Gasteiger partial charge in [-0.2, -0.15) is 5.10 Å². The second kappa shape index (κ2) is 8.67. The number of carbonyl (C=O) groups is 1. The molecule has 1 aliphatic heterocycles. The lowest BCUT2D eigenvalue weighted by Crippen LogP contribution is -2.26. The number of rotatable bonds is 6. The van der Waals surface area contributed by atoms with Crippen molar-refractivity contribution in [2.75, 3.05) is 18.1 Å². The molecule has 4 nitrogen and oxygen atoms in total. The molecule has 122 valence electrons. The van der Waals surface area contributed by atoms with E-state index in [-0.39, 0.29) is 16.6 Å². The molecule has 1 aromatic carbocycles. The summed E-state index contributed by atoms with van der Waals surface area (Å²) < 4.78 is 6.30. The first-order valence-corrected chi connectivity index (χ1v) is 9.74. The lowest BCUT2D eigenvalue weighted by Gasteiger charge is -2.19. The average molecular weight is 413 g/mol. The molecular formula is C16H17BrN2O2S2.